The molecule has 1 atom stereocenters. The molecule has 9 heteroatoms. The summed E-state index contributed by atoms with van der Waals surface area (Å²) < 4.78 is 6.91. The third-order valence-electron chi connectivity index (χ3n) is 7.34. The minimum Gasteiger partial charge on any atom is -0.450 e. The van der Waals surface area contributed by atoms with Crippen molar-refractivity contribution in [3.05, 3.63) is 76.8 Å². The summed E-state index contributed by atoms with van der Waals surface area (Å²) >= 11 is 0. The molecular formula is C27H31N5O4. The molecule has 2 aliphatic heterocycles. The second-order valence-electron chi connectivity index (χ2n) is 9.36. The third kappa shape index (κ3) is 4.58. The van der Waals surface area contributed by atoms with Crippen LogP contribution >= 0.6 is 0 Å². The van der Waals surface area contributed by atoms with Gasteiger partial charge in [0.05, 0.1) is 24.9 Å². The lowest BCUT2D eigenvalue weighted by Crippen LogP contribution is -2.61. The van der Waals surface area contributed by atoms with Crippen LogP contribution in [-0.2, 0) is 11.3 Å². The summed E-state index contributed by atoms with van der Waals surface area (Å²) in [6.07, 6.45) is 4.42. The molecule has 1 aromatic carbocycles. The second-order valence-corrected chi connectivity index (χ2v) is 9.36. The molecule has 2 aromatic heterocycles. The summed E-state index contributed by atoms with van der Waals surface area (Å²) in [6.45, 7) is 4.06. The molecule has 36 heavy (non-hydrogen) atoms. The highest BCUT2D eigenvalue weighted by molar-refractivity contribution is 5.68. The number of amides is 1. The largest absolute Gasteiger partial charge is 0.450 e. The van der Waals surface area contributed by atoms with Gasteiger partial charge in [0.2, 0.25) is 5.95 Å². The molecule has 2 aliphatic rings. The Labute approximate surface area is 210 Å². The Morgan fingerprint density at radius 3 is 2.47 bits per heavy atom. The maximum Gasteiger partial charge on any atom is 0.409 e. The molecule has 188 valence electrons. The molecule has 1 amide bonds. The Morgan fingerprint density at radius 2 is 1.78 bits per heavy atom. The van der Waals surface area contributed by atoms with E-state index in [0.717, 1.165) is 17.5 Å². The van der Waals surface area contributed by atoms with E-state index in [4.69, 9.17) is 9.72 Å². The smallest absolute Gasteiger partial charge is 0.409 e. The van der Waals surface area contributed by atoms with Crippen LogP contribution in [0.1, 0.15) is 37.9 Å². The second kappa shape index (κ2) is 10.1. The third-order valence-corrected chi connectivity index (χ3v) is 7.34. The van der Waals surface area contributed by atoms with E-state index in [-0.39, 0.29) is 23.7 Å². The molecule has 1 fully saturated rings. The van der Waals surface area contributed by atoms with Crippen molar-refractivity contribution >= 4 is 12.0 Å². The van der Waals surface area contributed by atoms with Crippen molar-refractivity contribution in [2.45, 2.75) is 44.4 Å². The van der Waals surface area contributed by atoms with Gasteiger partial charge in [-0.3, -0.25) is 14.3 Å². The van der Waals surface area contributed by atoms with E-state index in [1.165, 1.54) is 0 Å². The lowest BCUT2D eigenvalue weighted by atomic mass is 9.81. The number of likely N-dealkylation sites (tertiary alicyclic amines) is 1. The van der Waals surface area contributed by atoms with Gasteiger partial charge in [-0.1, -0.05) is 30.3 Å². The van der Waals surface area contributed by atoms with Crippen LogP contribution in [0.3, 0.4) is 0 Å². The Morgan fingerprint density at radius 1 is 1.08 bits per heavy atom. The van der Waals surface area contributed by atoms with Crippen molar-refractivity contribution in [3.63, 3.8) is 0 Å². The standard InChI is InChI=1S/C27H31N5O4/c1-2-36-26(35)30-15-10-27(11-16-30)12-17-31-24(34)18-22(20-8-13-28-14-9-20)29-25(31)32(27)19-23(33)21-6-4-3-5-7-21/h3-9,13-14,18,23,33H,2,10-12,15-17,19H2,1H3/t23-/m1/s1. The van der Waals surface area contributed by atoms with E-state index in [2.05, 4.69) is 9.88 Å². The van der Waals surface area contributed by atoms with Crippen molar-refractivity contribution in [1.29, 1.82) is 0 Å². The molecular weight excluding hydrogens is 458 g/mol. The van der Waals surface area contributed by atoms with Crippen LogP contribution < -0.4 is 10.5 Å². The number of benzene rings is 1. The van der Waals surface area contributed by atoms with Gasteiger partial charge in [0, 0.05) is 49.2 Å². The maximum absolute atomic E-state index is 13.2. The molecule has 1 spiro atoms. The molecule has 1 saturated heterocycles. The fourth-order valence-electron chi connectivity index (χ4n) is 5.32. The van der Waals surface area contributed by atoms with Crippen LogP contribution in [0, 0.1) is 0 Å². The Kier molecular flexibility index (Phi) is 6.73. The quantitative estimate of drug-likeness (QED) is 0.587. The van der Waals surface area contributed by atoms with Crippen molar-refractivity contribution in [1.82, 2.24) is 19.4 Å². The highest BCUT2D eigenvalue weighted by atomic mass is 16.6. The number of aliphatic hydroxyl groups is 1. The molecule has 1 N–H and O–H groups in total. The first kappa shape index (κ1) is 24.0. The van der Waals surface area contributed by atoms with Crippen molar-refractivity contribution < 1.29 is 14.6 Å². The molecule has 0 unspecified atom stereocenters. The molecule has 0 bridgehead atoms. The molecule has 3 aromatic rings. The van der Waals surface area contributed by atoms with Gasteiger partial charge in [-0.15, -0.1) is 0 Å². The van der Waals surface area contributed by atoms with Gasteiger partial charge >= 0.3 is 6.09 Å². The average Bonchev–Trinajstić information content (AvgIpc) is 2.91. The van der Waals surface area contributed by atoms with Crippen LogP contribution in [0.4, 0.5) is 10.7 Å². The summed E-state index contributed by atoms with van der Waals surface area (Å²) in [5, 5.41) is 11.2. The van der Waals surface area contributed by atoms with Crippen molar-refractivity contribution in [2.24, 2.45) is 0 Å². The summed E-state index contributed by atoms with van der Waals surface area (Å²) in [6, 6.07) is 14.8. The average molecular weight is 490 g/mol. The predicted molar refractivity (Wildman–Crippen MR) is 136 cm³/mol. The van der Waals surface area contributed by atoms with Crippen molar-refractivity contribution in [3.8, 4) is 11.3 Å². The van der Waals surface area contributed by atoms with E-state index >= 15 is 0 Å². The van der Waals surface area contributed by atoms with Crippen LogP contribution in [-0.4, -0.2) is 62.4 Å². The number of rotatable bonds is 5. The number of carbonyl (C=O) groups is 1. The number of aliphatic hydroxyl groups excluding tert-OH is 1. The lowest BCUT2D eigenvalue weighted by Gasteiger charge is -2.52. The van der Waals surface area contributed by atoms with Gasteiger partial charge in [0.15, 0.2) is 0 Å². The number of ether oxygens (including phenoxy) is 1. The number of aromatic nitrogens is 3. The first-order valence-corrected chi connectivity index (χ1v) is 12.5. The highest BCUT2D eigenvalue weighted by Crippen LogP contribution is 2.40. The minimum absolute atomic E-state index is 0.121. The molecule has 9 nitrogen and oxygen atoms in total. The number of hydrogen-bond acceptors (Lipinski definition) is 7. The fraction of sp³-hybridized carbons (Fsp3) is 0.407. The molecule has 0 radical (unpaired) electrons. The Balaban J connectivity index is 1.53. The predicted octanol–water partition coefficient (Wildman–Crippen LogP) is 3.24. The number of pyridine rings is 1. The molecule has 5 rings (SSSR count). The normalized spacial score (nSPS) is 17.5. The van der Waals surface area contributed by atoms with Gasteiger partial charge in [-0.25, -0.2) is 9.78 Å². The molecule has 0 saturated carbocycles. The zero-order valence-corrected chi connectivity index (χ0v) is 20.4. The summed E-state index contributed by atoms with van der Waals surface area (Å²) in [5.41, 5.74) is 1.74. The van der Waals surface area contributed by atoms with Crippen molar-refractivity contribution in [2.75, 3.05) is 31.1 Å². The van der Waals surface area contributed by atoms with Gasteiger partial charge < -0.3 is 19.6 Å². The maximum atomic E-state index is 13.2. The van der Waals surface area contributed by atoms with E-state index in [9.17, 15) is 14.7 Å². The summed E-state index contributed by atoms with van der Waals surface area (Å²) in [4.78, 5) is 38.4. The Bertz CT molecular complexity index is 1260. The zero-order chi connectivity index (χ0) is 25.1. The van der Waals surface area contributed by atoms with E-state index in [0.29, 0.717) is 50.7 Å². The van der Waals surface area contributed by atoms with Gasteiger partial charge in [-0.05, 0) is 43.9 Å². The number of fused-ring (bicyclic) bond motifs is 1. The summed E-state index contributed by atoms with van der Waals surface area (Å²) in [5.74, 6) is 0.556. The minimum atomic E-state index is -0.765. The van der Waals surface area contributed by atoms with Crippen LogP contribution in [0.2, 0.25) is 0 Å². The van der Waals surface area contributed by atoms with Gasteiger partial charge in [0.25, 0.3) is 5.56 Å². The lowest BCUT2D eigenvalue weighted by molar-refractivity contribution is 0.0765. The van der Waals surface area contributed by atoms with E-state index in [1.54, 1.807) is 34.9 Å². The van der Waals surface area contributed by atoms with Crippen LogP contribution in [0.25, 0.3) is 11.3 Å². The molecule has 0 aliphatic carbocycles. The number of anilines is 1. The Hall–Kier alpha value is -3.72. The zero-order valence-electron chi connectivity index (χ0n) is 20.4. The number of β-amino-alcohol motifs (C(OH)–C–C–N with tert-alkyl or cyclic N) is 1. The SMILES string of the molecule is CCOC(=O)N1CCC2(CC1)CCn1c(nc(-c3ccncc3)cc1=O)N2C[C@@H](O)c1ccccc1. The number of carbonyl (C=O) groups excluding carboxylic acids is 1. The number of nitrogens with zero attached hydrogens (tertiary/aromatic N) is 5. The first-order chi connectivity index (χ1) is 17.5. The monoisotopic (exact) mass is 489 g/mol. The van der Waals surface area contributed by atoms with E-state index < -0.39 is 6.10 Å². The first-order valence-electron chi connectivity index (χ1n) is 12.5. The van der Waals surface area contributed by atoms with E-state index in [1.807, 2.05) is 42.5 Å². The highest BCUT2D eigenvalue weighted by Gasteiger charge is 2.46. The van der Waals surface area contributed by atoms with Crippen LogP contribution in [0.15, 0.2) is 65.7 Å². The van der Waals surface area contributed by atoms with Gasteiger partial charge in [-0.2, -0.15) is 0 Å². The van der Waals surface area contributed by atoms with Crippen LogP contribution in [0.5, 0.6) is 0 Å². The van der Waals surface area contributed by atoms with Gasteiger partial charge in [0.1, 0.15) is 0 Å². The fourth-order valence-corrected chi connectivity index (χ4v) is 5.32. The number of piperidine rings is 1. The number of hydrogen-bond donors (Lipinski definition) is 1. The molecule has 4 heterocycles. The summed E-state index contributed by atoms with van der Waals surface area (Å²) in [7, 11) is 0. The topological polar surface area (TPSA) is 101 Å².